The molecular formula is C14H11NO4. The number of benzene rings is 1. The molecule has 0 aliphatic carbocycles. The monoisotopic (exact) mass is 257 g/mol. The van der Waals surface area contributed by atoms with Gasteiger partial charge in [0.1, 0.15) is 5.76 Å². The minimum atomic E-state index is -0.819. The Bertz CT molecular complexity index is 628. The van der Waals surface area contributed by atoms with Crippen molar-refractivity contribution in [3.8, 4) is 0 Å². The van der Waals surface area contributed by atoms with Crippen LogP contribution in [0.15, 0.2) is 40.8 Å². The lowest BCUT2D eigenvalue weighted by Crippen LogP contribution is -2.22. The number of hydrogen-bond donors (Lipinski definition) is 1. The Hall–Kier alpha value is -2.69. The molecule has 1 heterocycles. The summed E-state index contributed by atoms with van der Waals surface area (Å²) in [5.74, 6) is -1.46. The van der Waals surface area contributed by atoms with E-state index in [1.54, 1.807) is 37.3 Å². The predicted octanol–water partition coefficient (Wildman–Crippen LogP) is 2.22. The molecule has 1 aromatic carbocycles. The first-order valence-corrected chi connectivity index (χ1v) is 5.58. The smallest absolute Gasteiger partial charge is 0.300 e. The minimum Gasteiger partial charge on any atom is -0.457 e. The Labute approximate surface area is 109 Å². The van der Waals surface area contributed by atoms with Gasteiger partial charge in [-0.2, -0.15) is 0 Å². The van der Waals surface area contributed by atoms with Crippen LogP contribution in [0.1, 0.15) is 26.7 Å². The normalized spacial score (nSPS) is 9.95. The molecule has 5 nitrogen and oxygen atoms in total. The van der Waals surface area contributed by atoms with Crippen LogP contribution in [0.5, 0.6) is 0 Å². The molecule has 0 atom stereocenters. The number of hydrogen-bond acceptors (Lipinski definition) is 4. The molecule has 0 unspecified atom stereocenters. The summed E-state index contributed by atoms with van der Waals surface area (Å²) in [7, 11) is 0. The zero-order chi connectivity index (χ0) is 13.8. The van der Waals surface area contributed by atoms with E-state index >= 15 is 0 Å². The number of amides is 1. The van der Waals surface area contributed by atoms with Crippen molar-refractivity contribution in [1.82, 2.24) is 0 Å². The second-order valence-electron chi connectivity index (χ2n) is 3.89. The fourth-order valence-electron chi connectivity index (χ4n) is 1.55. The van der Waals surface area contributed by atoms with E-state index in [0.29, 0.717) is 17.7 Å². The Balaban J connectivity index is 2.15. The van der Waals surface area contributed by atoms with Gasteiger partial charge in [0.05, 0.1) is 5.56 Å². The van der Waals surface area contributed by atoms with Crippen LogP contribution in [0.4, 0.5) is 5.69 Å². The average molecular weight is 257 g/mol. The van der Waals surface area contributed by atoms with Gasteiger partial charge >= 0.3 is 0 Å². The number of aldehydes is 1. The van der Waals surface area contributed by atoms with E-state index in [-0.39, 0.29) is 11.3 Å². The van der Waals surface area contributed by atoms with Crippen molar-refractivity contribution in [2.24, 2.45) is 0 Å². The van der Waals surface area contributed by atoms with Gasteiger partial charge in [-0.15, -0.1) is 0 Å². The maximum atomic E-state index is 11.8. The van der Waals surface area contributed by atoms with Crippen LogP contribution in [-0.4, -0.2) is 18.0 Å². The van der Waals surface area contributed by atoms with Gasteiger partial charge < -0.3 is 9.73 Å². The highest BCUT2D eigenvalue weighted by Gasteiger charge is 2.21. The molecule has 2 aromatic rings. The Morgan fingerprint density at radius 1 is 1.21 bits per heavy atom. The van der Waals surface area contributed by atoms with Crippen molar-refractivity contribution in [2.75, 3.05) is 5.32 Å². The third kappa shape index (κ3) is 2.77. The van der Waals surface area contributed by atoms with Gasteiger partial charge in [0.25, 0.3) is 11.7 Å². The van der Waals surface area contributed by atoms with E-state index in [0.717, 1.165) is 0 Å². The summed E-state index contributed by atoms with van der Waals surface area (Å²) < 4.78 is 5.08. The number of ketones is 1. The van der Waals surface area contributed by atoms with Crippen molar-refractivity contribution in [2.45, 2.75) is 6.92 Å². The van der Waals surface area contributed by atoms with E-state index in [9.17, 15) is 14.4 Å². The van der Waals surface area contributed by atoms with E-state index in [4.69, 9.17) is 4.42 Å². The van der Waals surface area contributed by atoms with E-state index in [1.807, 2.05) is 0 Å². The van der Waals surface area contributed by atoms with E-state index in [1.165, 1.54) is 6.07 Å². The lowest BCUT2D eigenvalue weighted by molar-refractivity contribution is -0.112. The van der Waals surface area contributed by atoms with E-state index < -0.39 is 11.7 Å². The SMILES string of the molecule is Cc1oc(C(=O)C(=O)Nc2ccccc2)cc1C=O. The standard InChI is InChI=1S/C14H11NO4/c1-9-10(8-16)7-12(19-9)13(17)14(18)15-11-5-3-2-4-6-11/h2-8H,1H3,(H,15,18). The number of rotatable bonds is 4. The first-order chi connectivity index (χ1) is 9.11. The lowest BCUT2D eigenvalue weighted by Gasteiger charge is -2.01. The van der Waals surface area contributed by atoms with Crippen LogP contribution in [-0.2, 0) is 4.79 Å². The fourth-order valence-corrected chi connectivity index (χ4v) is 1.55. The van der Waals surface area contributed by atoms with E-state index in [2.05, 4.69) is 5.32 Å². The van der Waals surface area contributed by atoms with Crippen LogP contribution in [0.3, 0.4) is 0 Å². The van der Waals surface area contributed by atoms with Gasteiger partial charge in [0.15, 0.2) is 12.0 Å². The van der Waals surface area contributed by atoms with Crippen molar-refractivity contribution < 1.29 is 18.8 Å². The number of aryl methyl sites for hydroxylation is 1. The summed E-state index contributed by atoms with van der Waals surface area (Å²) in [6.45, 7) is 1.55. The molecule has 0 bridgehead atoms. The number of para-hydroxylation sites is 1. The Kier molecular flexibility index (Phi) is 3.56. The third-order valence-electron chi connectivity index (χ3n) is 2.54. The minimum absolute atomic E-state index is 0.145. The molecule has 0 fully saturated rings. The molecule has 0 saturated heterocycles. The molecule has 19 heavy (non-hydrogen) atoms. The first kappa shape index (κ1) is 12.8. The number of carbonyl (C=O) groups excluding carboxylic acids is 3. The van der Waals surface area contributed by atoms with Crippen molar-refractivity contribution in [1.29, 1.82) is 0 Å². The molecule has 0 saturated carbocycles. The third-order valence-corrected chi connectivity index (χ3v) is 2.54. The molecule has 2 rings (SSSR count). The number of carbonyl (C=O) groups is 3. The fraction of sp³-hybridized carbons (Fsp3) is 0.0714. The second-order valence-corrected chi connectivity index (χ2v) is 3.89. The summed E-state index contributed by atoms with van der Waals surface area (Å²) >= 11 is 0. The number of nitrogens with one attached hydrogen (secondary N) is 1. The summed E-state index contributed by atoms with van der Waals surface area (Å²) in [5, 5.41) is 2.45. The van der Waals surface area contributed by atoms with Crippen molar-refractivity contribution >= 4 is 23.7 Å². The first-order valence-electron chi connectivity index (χ1n) is 5.58. The van der Waals surface area contributed by atoms with Crippen LogP contribution in [0, 0.1) is 6.92 Å². The molecule has 1 amide bonds. The molecule has 0 aliphatic heterocycles. The van der Waals surface area contributed by atoms with Gasteiger partial charge in [0.2, 0.25) is 0 Å². The quantitative estimate of drug-likeness (QED) is 0.517. The highest BCUT2D eigenvalue weighted by molar-refractivity contribution is 6.45. The zero-order valence-electron chi connectivity index (χ0n) is 10.2. The van der Waals surface area contributed by atoms with Crippen LogP contribution < -0.4 is 5.32 Å². The summed E-state index contributed by atoms with van der Waals surface area (Å²) in [6.07, 6.45) is 0.574. The lowest BCUT2D eigenvalue weighted by atomic mass is 10.2. The highest BCUT2D eigenvalue weighted by atomic mass is 16.3. The van der Waals surface area contributed by atoms with Gasteiger partial charge in [-0.25, -0.2) is 0 Å². The van der Waals surface area contributed by atoms with Gasteiger partial charge in [-0.05, 0) is 25.1 Å². The Morgan fingerprint density at radius 2 is 1.89 bits per heavy atom. The topological polar surface area (TPSA) is 76.4 Å². The van der Waals surface area contributed by atoms with Crippen molar-refractivity contribution in [3.05, 3.63) is 53.5 Å². The molecule has 1 aromatic heterocycles. The molecule has 1 N–H and O–H groups in total. The van der Waals surface area contributed by atoms with Crippen LogP contribution in [0.25, 0.3) is 0 Å². The maximum absolute atomic E-state index is 11.8. The number of Topliss-reactive ketones (excluding diaryl/α,β-unsaturated/α-hetero) is 1. The summed E-state index contributed by atoms with van der Waals surface area (Å²) in [5.41, 5.74) is 0.774. The molecular weight excluding hydrogens is 246 g/mol. The highest BCUT2D eigenvalue weighted by Crippen LogP contribution is 2.14. The zero-order valence-corrected chi connectivity index (χ0v) is 10.2. The molecule has 5 heteroatoms. The molecule has 0 spiro atoms. The largest absolute Gasteiger partial charge is 0.457 e. The molecule has 0 aliphatic rings. The number of anilines is 1. The molecule has 0 radical (unpaired) electrons. The summed E-state index contributed by atoms with van der Waals surface area (Å²) in [4.78, 5) is 34.2. The van der Waals surface area contributed by atoms with Gasteiger partial charge in [-0.1, -0.05) is 18.2 Å². The average Bonchev–Trinajstić information content (AvgIpc) is 2.80. The number of furan rings is 1. The van der Waals surface area contributed by atoms with Crippen LogP contribution in [0.2, 0.25) is 0 Å². The van der Waals surface area contributed by atoms with Gasteiger partial charge in [0, 0.05) is 5.69 Å². The van der Waals surface area contributed by atoms with Crippen molar-refractivity contribution in [3.63, 3.8) is 0 Å². The molecule has 96 valence electrons. The summed E-state index contributed by atoms with van der Waals surface area (Å²) in [6, 6.07) is 9.85. The van der Waals surface area contributed by atoms with Gasteiger partial charge in [-0.3, -0.25) is 14.4 Å². The Morgan fingerprint density at radius 3 is 2.47 bits per heavy atom. The second kappa shape index (κ2) is 5.30. The predicted molar refractivity (Wildman–Crippen MR) is 68.2 cm³/mol. The maximum Gasteiger partial charge on any atom is 0.300 e. The van der Waals surface area contributed by atoms with Crippen LogP contribution >= 0.6 is 0 Å².